The number of alkyl halides is 3. The van der Waals surface area contributed by atoms with Gasteiger partial charge in [0.25, 0.3) is 0 Å². The van der Waals surface area contributed by atoms with Crippen LogP contribution in [0.4, 0.5) is 18.9 Å². The Morgan fingerprint density at radius 1 is 0.944 bits per heavy atom. The SMILES string of the molecule is CC(C(=O)Nc1cc(C(=O)Cc2ccc(-c3ccccc3)cc2)ccc1C(F)(F)F)N1CCOCC1. The largest absolute Gasteiger partial charge is 0.418 e. The van der Waals surface area contributed by atoms with Crippen molar-refractivity contribution in [1.29, 1.82) is 0 Å². The second-order valence-corrected chi connectivity index (χ2v) is 8.73. The summed E-state index contributed by atoms with van der Waals surface area (Å²) in [6.45, 7) is 3.59. The molecule has 1 heterocycles. The quantitative estimate of drug-likeness (QED) is 0.442. The van der Waals surface area contributed by atoms with E-state index in [0.717, 1.165) is 34.9 Å². The van der Waals surface area contributed by atoms with Crippen LogP contribution in [-0.2, 0) is 22.1 Å². The van der Waals surface area contributed by atoms with Crippen LogP contribution in [0.2, 0.25) is 0 Å². The first kappa shape index (κ1) is 25.6. The Labute approximate surface area is 207 Å². The van der Waals surface area contributed by atoms with E-state index < -0.39 is 29.4 Å². The van der Waals surface area contributed by atoms with Crippen molar-refractivity contribution < 1.29 is 27.5 Å². The Balaban J connectivity index is 1.51. The molecule has 0 aromatic heterocycles. The molecule has 3 aromatic carbocycles. The molecule has 0 radical (unpaired) electrons. The summed E-state index contributed by atoms with van der Waals surface area (Å²) in [5.41, 5.74) is 1.48. The van der Waals surface area contributed by atoms with E-state index >= 15 is 0 Å². The van der Waals surface area contributed by atoms with Gasteiger partial charge in [0, 0.05) is 25.1 Å². The number of halogens is 3. The Morgan fingerprint density at radius 3 is 2.22 bits per heavy atom. The maximum atomic E-state index is 13.6. The number of ketones is 1. The first-order valence-electron chi connectivity index (χ1n) is 11.7. The lowest BCUT2D eigenvalue weighted by Gasteiger charge is -2.31. The third-order valence-electron chi connectivity index (χ3n) is 6.30. The van der Waals surface area contributed by atoms with E-state index in [1.54, 1.807) is 6.92 Å². The van der Waals surface area contributed by atoms with E-state index in [1.807, 2.05) is 59.5 Å². The van der Waals surface area contributed by atoms with Crippen LogP contribution in [0, 0.1) is 0 Å². The van der Waals surface area contributed by atoms with Crippen molar-refractivity contribution in [3.8, 4) is 11.1 Å². The summed E-state index contributed by atoms with van der Waals surface area (Å²) in [4.78, 5) is 27.5. The van der Waals surface area contributed by atoms with E-state index in [4.69, 9.17) is 4.74 Å². The number of morpholine rings is 1. The molecular formula is C28H27F3N2O3. The Kier molecular flexibility index (Phi) is 7.86. The lowest BCUT2D eigenvalue weighted by atomic mass is 9.98. The number of amides is 1. The van der Waals surface area contributed by atoms with Crippen LogP contribution in [0.25, 0.3) is 11.1 Å². The van der Waals surface area contributed by atoms with Gasteiger partial charge in [-0.05, 0) is 35.7 Å². The number of anilines is 1. The summed E-state index contributed by atoms with van der Waals surface area (Å²) in [7, 11) is 0. The smallest absolute Gasteiger partial charge is 0.379 e. The van der Waals surface area contributed by atoms with Crippen LogP contribution in [-0.4, -0.2) is 48.9 Å². The molecule has 0 saturated carbocycles. The van der Waals surface area contributed by atoms with Crippen LogP contribution in [0.1, 0.15) is 28.4 Å². The summed E-state index contributed by atoms with van der Waals surface area (Å²) in [5, 5.41) is 2.41. The van der Waals surface area contributed by atoms with E-state index in [2.05, 4.69) is 5.32 Å². The van der Waals surface area contributed by atoms with E-state index in [0.29, 0.717) is 26.3 Å². The minimum atomic E-state index is -4.68. The highest BCUT2D eigenvalue weighted by atomic mass is 19.4. The Bertz CT molecular complexity index is 1200. The topological polar surface area (TPSA) is 58.6 Å². The molecular weight excluding hydrogens is 469 g/mol. The predicted molar refractivity (Wildman–Crippen MR) is 132 cm³/mol. The normalized spacial score (nSPS) is 15.3. The highest BCUT2D eigenvalue weighted by molar-refractivity contribution is 6.01. The average Bonchev–Trinajstić information content (AvgIpc) is 2.89. The number of Topliss-reactive ketones (excluding diaryl/α,β-unsaturated/α-hetero) is 1. The summed E-state index contributed by atoms with van der Waals surface area (Å²) in [6.07, 6.45) is -4.66. The van der Waals surface area contributed by atoms with Gasteiger partial charge in [-0.1, -0.05) is 60.7 Å². The number of carbonyl (C=O) groups excluding carboxylic acids is 2. The third-order valence-corrected chi connectivity index (χ3v) is 6.30. The van der Waals surface area contributed by atoms with Gasteiger partial charge in [-0.3, -0.25) is 14.5 Å². The van der Waals surface area contributed by atoms with Gasteiger partial charge >= 0.3 is 6.18 Å². The van der Waals surface area contributed by atoms with Gasteiger partial charge < -0.3 is 10.1 Å². The molecule has 0 aliphatic carbocycles. The standard InChI is InChI=1S/C28H27F3N2O3/c1-19(33-13-15-36-16-14-33)27(35)32-25-18-23(11-12-24(25)28(29,30)31)26(34)17-20-7-9-22(10-8-20)21-5-3-2-4-6-21/h2-12,18-19H,13-17H2,1H3,(H,32,35). The fourth-order valence-corrected chi connectivity index (χ4v) is 4.17. The van der Waals surface area contributed by atoms with Gasteiger partial charge in [0.1, 0.15) is 0 Å². The number of carbonyl (C=O) groups is 2. The Hall–Kier alpha value is -3.49. The second-order valence-electron chi connectivity index (χ2n) is 8.73. The van der Waals surface area contributed by atoms with Gasteiger partial charge in [0.15, 0.2) is 5.78 Å². The van der Waals surface area contributed by atoms with Crippen LogP contribution >= 0.6 is 0 Å². The van der Waals surface area contributed by atoms with Crippen molar-refractivity contribution in [3.05, 3.63) is 89.5 Å². The number of rotatable bonds is 7. The van der Waals surface area contributed by atoms with Crippen molar-refractivity contribution in [2.45, 2.75) is 25.6 Å². The molecule has 1 aliphatic heterocycles. The van der Waals surface area contributed by atoms with E-state index in [1.165, 1.54) is 0 Å². The lowest BCUT2D eigenvalue weighted by Crippen LogP contribution is -2.47. The summed E-state index contributed by atoms with van der Waals surface area (Å²) < 4.78 is 46.2. The van der Waals surface area contributed by atoms with Gasteiger partial charge in [-0.25, -0.2) is 0 Å². The first-order valence-corrected chi connectivity index (χ1v) is 11.7. The maximum Gasteiger partial charge on any atom is 0.418 e. The van der Waals surface area contributed by atoms with Crippen LogP contribution in [0.5, 0.6) is 0 Å². The predicted octanol–water partition coefficient (Wildman–Crippen LogP) is 5.46. The minimum absolute atomic E-state index is 0.0258. The van der Waals surface area contributed by atoms with Gasteiger partial charge in [-0.15, -0.1) is 0 Å². The van der Waals surface area contributed by atoms with Crippen LogP contribution < -0.4 is 5.32 Å². The number of ether oxygens (including phenoxy) is 1. The summed E-state index contributed by atoms with van der Waals surface area (Å²) in [5.74, 6) is -0.906. The fraction of sp³-hybridized carbons (Fsp3) is 0.286. The molecule has 1 unspecified atom stereocenters. The molecule has 0 spiro atoms. The van der Waals surface area contributed by atoms with Gasteiger partial charge in [-0.2, -0.15) is 13.2 Å². The highest BCUT2D eigenvalue weighted by Gasteiger charge is 2.35. The lowest BCUT2D eigenvalue weighted by molar-refractivity contribution is -0.137. The third kappa shape index (κ3) is 6.19. The van der Waals surface area contributed by atoms with Crippen molar-refractivity contribution in [2.75, 3.05) is 31.6 Å². The molecule has 1 amide bonds. The molecule has 36 heavy (non-hydrogen) atoms. The van der Waals surface area contributed by atoms with Crippen molar-refractivity contribution in [1.82, 2.24) is 4.90 Å². The van der Waals surface area contributed by atoms with Crippen molar-refractivity contribution in [3.63, 3.8) is 0 Å². The summed E-state index contributed by atoms with van der Waals surface area (Å²) >= 11 is 0. The molecule has 5 nitrogen and oxygen atoms in total. The molecule has 8 heteroatoms. The van der Waals surface area contributed by atoms with Crippen molar-refractivity contribution in [2.24, 2.45) is 0 Å². The van der Waals surface area contributed by atoms with E-state index in [-0.39, 0.29) is 17.8 Å². The number of hydrogen-bond donors (Lipinski definition) is 1. The molecule has 3 aromatic rings. The highest BCUT2D eigenvalue weighted by Crippen LogP contribution is 2.36. The minimum Gasteiger partial charge on any atom is -0.379 e. The molecule has 4 rings (SSSR count). The van der Waals surface area contributed by atoms with Gasteiger partial charge in [0.2, 0.25) is 5.91 Å². The number of hydrogen-bond acceptors (Lipinski definition) is 4. The molecule has 188 valence electrons. The van der Waals surface area contributed by atoms with Crippen LogP contribution in [0.3, 0.4) is 0 Å². The number of benzene rings is 3. The number of nitrogens with one attached hydrogen (secondary N) is 1. The zero-order chi connectivity index (χ0) is 25.7. The fourth-order valence-electron chi connectivity index (χ4n) is 4.17. The molecule has 1 fully saturated rings. The molecule has 0 bridgehead atoms. The summed E-state index contributed by atoms with van der Waals surface area (Å²) in [6, 6.07) is 19.7. The average molecular weight is 497 g/mol. The monoisotopic (exact) mass is 496 g/mol. The zero-order valence-electron chi connectivity index (χ0n) is 19.8. The first-order chi connectivity index (χ1) is 17.2. The zero-order valence-corrected chi connectivity index (χ0v) is 19.8. The molecule has 1 atom stereocenters. The van der Waals surface area contributed by atoms with Crippen LogP contribution in [0.15, 0.2) is 72.8 Å². The molecule has 1 saturated heterocycles. The Morgan fingerprint density at radius 2 is 1.58 bits per heavy atom. The maximum absolute atomic E-state index is 13.6. The number of nitrogens with zero attached hydrogens (tertiary/aromatic N) is 1. The second kappa shape index (κ2) is 11.1. The van der Waals surface area contributed by atoms with Gasteiger partial charge in [0.05, 0.1) is 30.5 Å². The molecule has 1 N–H and O–H groups in total. The van der Waals surface area contributed by atoms with Crippen molar-refractivity contribution >= 4 is 17.4 Å². The molecule has 1 aliphatic rings. The van der Waals surface area contributed by atoms with E-state index in [9.17, 15) is 22.8 Å².